The van der Waals surface area contributed by atoms with Gasteiger partial charge in [0.1, 0.15) is 5.75 Å². The van der Waals surface area contributed by atoms with E-state index in [-0.39, 0.29) is 0 Å². The number of carbonyl (C=O) groups excluding carboxylic acids is 1. The number of nitrogens with zero attached hydrogens (tertiary/aromatic N) is 2. The molecule has 0 fully saturated rings. The highest BCUT2D eigenvalue weighted by Gasteiger charge is 2.08. The average Bonchev–Trinajstić information content (AvgIpc) is 2.40. The van der Waals surface area contributed by atoms with Crippen molar-refractivity contribution in [1.29, 1.82) is 0 Å². The number of carbonyl (C=O) groups is 1. The fraction of sp³-hybridized carbons (Fsp3) is 0.0833. The molecule has 0 aliphatic heterocycles. The second-order valence-electron chi connectivity index (χ2n) is 3.63. The van der Waals surface area contributed by atoms with Gasteiger partial charge in [-0.2, -0.15) is 0 Å². The van der Waals surface area contributed by atoms with E-state index in [2.05, 4.69) is 20.6 Å². The van der Waals surface area contributed by atoms with Crippen LogP contribution in [0.5, 0.6) is 5.75 Å². The standard InChI is InChI=1S/C12H13N5O2/c1-19-10-3-2-8(13)6-9(10)16-12(18)17-11-7-14-4-5-15-11/h2-7H,13H2,1H3,(H2,15,16,17,18). The predicted octanol–water partition coefficient (Wildman–Crippen LogP) is 1.71. The van der Waals surface area contributed by atoms with Gasteiger partial charge in [0.05, 0.1) is 19.0 Å². The molecule has 0 aliphatic rings. The first-order valence-corrected chi connectivity index (χ1v) is 5.46. The number of methoxy groups -OCH3 is 1. The molecule has 7 heteroatoms. The van der Waals surface area contributed by atoms with Crippen molar-refractivity contribution < 1.29 is 9.53 Å². The van der Waals surface area contributed by atoms with Crippen molar-refractivity contribution in [3.63, 3.8) is 0 Å². The average molecular weight is 259 g/mol. The highest BCUT2D eigenvalue weighted by atomic mass is 16.5. The maximum absolute atomic E-state index is 11.8. The Labute approximate surface area is 109 Å². The maximum Gasteiger partial charge on any atom is 0.325 e. The van der Waals surface area contributed by atoms with Crippen molar-refractivity contribution in [3.8, 4) is 5.75 Å². The zero-order valence-corrected chi connectivity index (χ0v) is 10.3. The van der Waals surface area contributed by atoms with Crippen LogP contribution in [0.2, 0.25) is 0 Å². The van der Waals surface area contributed by atoms with Gasteiger partial charge in [0.25, 0.3) is 0 Å². The molecule has 0 spiro atoms. The first kappa shape index (κ1) is 12.6. The fourth-order valence-electron chi connectivity index (χ4n) is 1.46. The first-order valence-electron chi connectivity index (χ1n) is 5.46. The van der Waals surface area contributed by atoms with Gasteiger partial charge in [0.15, 0.2) is 5.82 Å². The summed E-state index contributed by atoms with van der Waals surface area (Å²) in [6.45, 7) is 0. The molecule has 0 saturated carbocycles. The van der Waals surface area contributed by atoms with E-state index in [1.165, 1.54) is 25.7 Å². The van der Waals surface area contributed by atoms with Crippen LogP contribution < -0.4 is 21.1 Å². The summed E-state index contributed by atoms with van der Waals surface area (Å²) in [6, 6.07) is 4.51. The van der Waals surface area contributed by atoms with E-state index in [4.69, 9.17) is 10.5 Å². The Morgan fingerprint density at radius 2 is 2.16 bits per heavy atom. The minimum Gasteiger partial charge on any atom is -0.495 e. The molecular weight excluding hydrogens is 246 g/mol. The summed E-state index contributed by atoms with van der Waals surface area (Å²) in [5, 5.41) is 5.17. The van der Waals surface area contributed by atoms with Crippen molar-refractivity contribution in [2.45, 2.75) is 0 Å². The molecule has 7 nitrogen and oxygen atoms in total. The summed E-state index contributed by atoms with van der Waals surface area (Å²) in [5.41, 5.74) is 6.66. The molecule has 0 saturated heterocycles. The van der Waals surface area contributed by atoms with Crippen LogP contribution in [-0.4, -0.2) is 23.1 Å². The molecule has 2 aromatic rings. The van der Waals surface area contributed by atoms with Crippen LogP contribution in [0.3, 0.4) is 0 Å². The van der Waals surface area contributed by atoms with E-state index in [1.807, 2.05) is 0 Å². The van der Waals surface area contributed by atoms with Gasteiger partial charge < -0.3 is 15.8 Å². The third-order valence-electron chi connectivity index (χ3n) is 2.28. The van der Waals surface area contributed by atoms with Crippen LogP contribution in [-0.2, 0) is 0 Å². The number of amides is 2. The SMILES string of the molecule is COc1ccc(N)cc1NC(=O)Nc1cnccn1. The minimum atomic E-state index is -0.454. The van der Waals surface area contributed by atoms with Gasteiger partial charge in [-0.05, 0) is 18.2 Å². The van der Waals surface area contributed by atoms with E-state index in [0.717, 1.165) is 0 Å². The second kappa shape index (κ2) is 5.67. The van der Waals surface area contributed by atoms with Crippen LogP contribution in [0.1, 0.15) is 0 Å². The number of nitrogens with one attached hydrogen (secondary N) is 2. The maximum atomic E-state index is 11.8. The molecule has 0 aliphatic carbocycles. The smallest absolute Gasteiger partial charge is 0.325 e. The Hall–Kier alpha value is -2.83. The Morgan fingerprint density at radius 3 is 2.84 bits per heavy atom. The lowest BCUT2D eigenvalue weighted by Crippen LogP contribution is -2.20. The molecule has 2 amide bonds. The fourth-order valence-corrected chi connectivity index (χ4v) is 1.46. The Balaban J connectivity index is 2.09. The summed E-state index contributed by atoms with van der Waals surface area (Å²) in [6.07, 6.45) is 4.44. The van der Waals surface area contributed by atoms with Crippen molar-refractivity contribution in [1.82, 2.24) is 9.97 Å². The van der Waals surface area contributed by atoms with E-state index in [1.54, 1.807) is 18.2 Å². The number of rotatable bonds is 3. The number of hydrogen-bond acceptors (Lipinski definition) is 5. The summed E-state index contributed by atoms with van der Waals surface area (Å²) in [5.74, 6) is 0.867. The number of urea groups is 1. The topological polar surface area (TPSA) is 102 Å². The van der Waals surface area contributed by atoms with Gasteiger partial charge in [-0.15, -0.1) is 0 Å². The summed E-state index contributed by atoms with van der Waals surface area (Å²) in [7, 11) is 1.51. The molecule has 1 heterocycles. The van der Waals surface area contributed by atoms with Crippen LogP contribution in [0.4, 0.5) is 22.0 Å². The summed E-state index contributed by atoms with van der Waals surface area (Å²) in [4.78, 5) is 19.5. The predicted molar refractivity (Wildman–Crippen MR) is 72.1 cm³/mol. The van der Waals surface area contributed by atoms with Gasteiger partial charge in [-0.1, -0.05) is 0 Å². The van der Waals surface area contributed by atoms with Gasteiger partial charge in [0, 0.05) is 18.1 Å². The molecule has 0 unspecified atom stereocenters. The normalized spacial score (nSPS) is 9.74. The molecule has 4 N–H and O–H groups in total. The third-order valence-corrected chi connectivity index (χ3v) is 2.28. The summed E-state index contributed by atoms with van der Waals surface area (Å²) >= 11 is 0. The molecule has 1 aromatic heterocycles. The number of benzene rings is 1. The lowest BCUT2D eigenvalue weighted by molar-refractivity contribution is 0.262. The molecule has 0 bridgehead atoms. The Kier molecular flexibility index (Phi) is 3.77. The molecule has 1 aromatic carbocycles. The number of anilines is 3. The van der Waals surface area contributed by atoms with Crippen LogP contribution in [0, 0.1) is 0 Å². The second-order valence-corrected chi connectivity index (χ2v) is 3.63. The van der Waals surface area contributed by atoms with Crippen molar-refractivity contribution in [2.24, 2.45) is 0 Å². The Morgan fingerprint density at radius 1 is 1.32 bits per heavy atom. The van der Waals surface area contributed by atoms with Gasteiger partial charge >= 0.3 is 6.03 Å². The molecule has 2 rings (SSSR count). The number of nitrogen functional groups attached to an aromatic ring is 1. The van der Waals surface area contributed by atoms with Crippen LogP contribution in [0.15, 0.2) is 36.8 Å². The van der Waals surface area contributed by atoms with Gasteiger partial charge in [0.2, 0.25) is 0 Å². The molecule has 19 heavy (non-hydrogen) atoms. The van der Waals surface area contributed by atoms with Crippen LogP contribution >= 0.6 is 0 Å². The van der Waals surface area contributed by atoms with E-state index >= 15 is 0 Å². The first-order chi connectivity index (χ1) is 9.19. The molecule has 98 valence electrons. The van der Waals surface area contributed by atoms with Gasteiger partial charge in [-0.25, -0.2) is 9.78 Å². The van der Waals surface area contributed by atoms with E-state index in [9.17, 15) is 4.79 Å². The monoisotopic (exact) mass is 259 g/mol. The zero-order chi connectivity index (χ0) is 13.7. The summed E-state index contributed by atoms with van der Waals surface area (Å²) < 4.78 is 5.13. The van der Waals surface area contributed by atoms with Gasteiger partial charge in [-0.3, -0.25) is 10.3 Å². The van der Waals surface area contributed by atoms with Crippen molar-refractivity contribution >= 4 is 23.2 Å². The zero-order valence-electron chi connectivity index (χ0n) is 10.3. The van der Waals surface area contributed by atoms with Crippen LogP contribution in [0.25, 0.3) is 0 Å². The third kappa shape index (κ3) is 3.32. The number of ether oxygens (including phenoxy) is 1. The highest BCUT2D eigenvalue weighted by Crippen LogP contribution is 2.26. The quantitative estimate of drug-likeness (QED) is 0.728. The van der Waals surface area contributed by atoms with E-state index < -0.39 is 6.03 Å². The minimum absolute atomic E-state index is 0.350. The van der Waals surface area contributed by atoms with Crippen molar-refractivity contribution in [3.05, 3.63) is 36.8 Å². The molecular formula is C12H13N5O2. The lowest BCUT2D eigenvalue weighted by atomic mass is 10.2. The number of nitrogens with two attached hydrogens (primary N) is 1. The Bertz CT molecular complexity index is 574. The lowest BCUT2D eigenvalue weighted by Gasteiger charge is -2.11. The molecule has 0 atom stereocenters. The number of hydrogen-bond donors (Lipinski definition) is 3. The molecule has 0 radical (unpaired) electrons. The van der Waals surface area contributed by atoms with E-state index in [0.29, 0.717) is 22.9 Å². The number of aromatic nitrogens is 2. The van der Waals surface area contributed by atoms with Crippen molar-refractivity contribution in [2.75, 3.05) is 23.5 Å². The highest BCUT2D eigenvalue weighted by molar-refractivity contribution is 6.00. The largest absolute Gasteiger partial charge is 0.495 e.